The molecule has 1 nitrogen and oxygen atoms in total. The number of hydrogen-bond acceptors (Lipinski definition) is 3. The monoisotopic (exact) mass is 333 g/mol. The highest BCUT2D eigenvalue weighted by Crippen LogP contribution is 2.31. The Morgan fingerprint density at radius 2 is 2.47 bits per heavy atom. The molecule has 4 heteroatoms. The van der Waals surface area contributed by atoms with Gasteiger partial charge in [-0.2, -0.15) is 11.8 Å². The van der Waals surface area contributed by atoms with Crippen LogP contribution in [0.5, 0.6) is 0 Å². The predicted octanol–water partition coefficient (Wildman–Crippen LogP) is 4.17. The fourth-order valence-corrected chi connectivity index (χ4v) is 5.19. The molecule has 0 aromatic carbocycles. The summed E-state index contributed by atoms with van der Waals surface area (Å²) in [5, 5.41) is 5.93. The van der Waals surface area contributed by atoms with Crippen LogP contribution >= 0.6 is 39.0 Å². The van der Waals surface area contributed by atoms with E-state index in [1.54, 1.807) is 0 Å². The molecule has 96 valence electrons. The molecule has 2 rings (SSSR count). The third-order valence-corrected chi connectivity index (χ3v) is 6.42. The minimum Gasteiger partial charge on any atom is -0.313 e. The Bertz CT molecular complexity index is 334. The van der Waals surface area contributed by atoms with Crippen molar-refractivity contribution < 1.29 is 0 Å². The van der Waals surface area contributed by atoms with Gasteiger partial charge in [-0.25, -0.2) is 0 Å². The van der Waals surface area contributed by atoms with Crippen molar-refractivity contribution in [1.82, 2.24) is 5.32 Å². The zero-order valence-corrected chi connectivity index (χ0v) is 13.5. The van der Waals surface area contributed by atoms with Gasteiger partial charge in [-0.05, 0) is 70.6 Å². The molecule has 2 atom stereocenters. The van der Waals surface area contributed by atoms with Gasteiger partial charge in [0.25, 0.3) is 0 Å². The molecule has 1 aliphatic heterocycles. The molecule has 0 radical (unpaired) electrons. The first kappa shape index (κ1) is 13.9. The second-order valence-corrected chi connectivity index (χ2v) is 7.58. The Morgan fingerprint density at radius 3 is 3.06 bits per heavy atom. The average molecular weight is 334 g/mol. The Kier molecular flexibility index (Phi) is 5.87. The van der Waals surface area contributed by atoms with E-state index in [1.807, 2.05) is 11.3 Å². The summed E-state index contributed by atoms with van der Waals surface area (Å²) in [5.41, 5.74) is 0. The molecule has 2 heterocycles. The van der Waals surface area contributed by atoms with E-state index in [4.69, 9.17) is 0 Å². The topological polar surface area (TPSA) is 12.0 Å². The number of halogens is 1. The minimum atomic E-state index is 0.667. The van der Waals surface area contributed by atoms with E-state index in [2.05, 4.69) is 51.4 Å². The van der Waals surface area contributed by atoms with E-state index in [1.165, 1.54) is 40.1 Å². The van der Waals surface area contributed by atoms with Crippen LogP contribution in [0.2, 0.25) is 0 Å². The summed E-state index contributed by atoms with van der Waals surface area (Å²) >= 11 is 7.64. The molecule has 1 fully saturated rings. The van der Waals surface area contributed by atoms with E-state index in [0.717, 1.165) is 12.5 Å². The van der Waals surface area contributed by atoms with Gasteiger partial charge in [-0.15, -0.1) is 11.3 Å². The molecule has 1 saturated heterocycles. The van der Waals surface area contributed by atoms with Crippen molar-refractivity contribution in [3.63, 3.8) is 0 Å². The molecule has 0 aliphatic carbocycles. The normalized spacial score (nSPS) is 21.9. The molecule has 0 spiro atoms. The number of nitrogens with one attached hydrogen (secondary N) is 1. The first-order valence-electron chi connectivity index (χ1n) is 6.34. The highest BCUT2D eigenvalue weighted by molar-refractivity contribution is 9.10. The summed E-state index contributed by atoms with van der Waals surface area (Å²) in [5.74, 6) is 3.55. The van der Waals surface area contributed by atoms with E-state index in [9.17, 15) is 0 Å². The maximum Gasteiger partial charge on any atom is 0.0314 e. The predicted molar refractivity (Wildman–Crippen MR) is 83.2 cm³/mol. The molecule has 1 aliphatic rings. The van der Waals surface area contributed by atoms with Crippen LogP contribution in [-0.2, 0) is 6.42 Å². The van der Waals surface area contributed by atoms with Crippen molar-refractivity contribution >= 4 is 39.0 Å². The van der Waals surface area contributed by atoms with Crippen LogP contribution < -0.4 is 5.32 Å². The zero-order chi connectivity index (χ0) is 12.1. The molecule has 0 bridgehead atoms. The molecule has 2 unspecified atom stereocenters. The highest BCUT2D eigenvalue weighted by Gasteiger charge is 2.25. The molecule has 0 amide bonds. The van der Waals surface area contributed by atoms with Gasteiger partial charge in [0.1, 0.15) is 0 Å². The van der Waals surface area contributed by atoms with Crippen LogP contribution in [0.3, 0.4) is 0 Å². The largest absolute Gasteiger partial charge is 0.313 e. The molecular formula is C13H20BrNS2. The summed E-state index contributed by atoms with van der Waals surface area (Å²) in [6, 6.07) is 2.83. The summed E-state index contributed by atoms with van der Waals surface area (Å²) in [4.78, 5) is 1.50. The van der Waals surface area contributed by atoms with Gasteiger partial charge in [-0.3, -0.25) is 0 Å². The summed E-state index contributed by atoms with van der Waals surface area (Å²) in [6.07, 6.45) is 3.79. The van der Waals surface area contributed by atoms with Gasteiger partial charge in [0.15, 0.2) is 0 Å². The second-order valence-electron chi connectivity index (χ2n) is 4.58. The van der Waals surface area contributed by atoms with Gasteiger partial charge >= 0.3 is 0 Å². The van der Waals surface area contributed by atoms with Crippen LogP contribution in [0.25, 0.3) is 0 Å². The first-order valence-corrected chi connectivity index (χ1v) is 9.17. The number of thiophene rings is 1. The second kappa shape index (κ2) is 7.17. The quantitative estimate of drug-likeness (QED) is 0.838. The van der Waals surface area contributed by atoms with Gasteiger partial charge < -0.3 is 5.32 Å². The van der Waals surface area contributed by atoms with Gasteiger partial charge in [0.05, 0.1) is 0 Å². The van der Waals surface area contributed by atoms with Crippen molar-refractivity contribution in [3.05, 3.63) is 20.8 Å². The molecule has 0 saturated carbocycles. The minimum absolute atomic E-state index is 0.667. The van der Waals surface area contributed by atoms with Crippen LogP contribution in [0.1, 0.15) is 24.6 Å². The van der Waals surface area contributed by atoms with E-state index < -0.39 is 0 Å². The number of rotatable bonds is 6. The summed E-state index contributed by atoms with van der Waals surface area (Å²) < 4.78 is 1.29. The van der Waals surface area contributed by atoms with Crippen LogP contribution in [0.4, 0.5) is 0 Å². The standard InChI is InChI=1S/C13H20BrNS2/c1-2-5-15-12(10-3-6-16-9-10)8-13-11(14)4-7-17-13/h4,7,10,12,15H,2-3,5-6,8-9H2,1H3. The Morgan fingerprint density at radius 1 is 1.59 bits per heavy atom. The van der Waals surface area contributed by atoms with E-state index in [-0.39, 0.29) is 0 Å². The smallest absolute Gasteiger partial charge is 0.0314 e. The Hall–Kier alpha value is 0.490. The van der Waals surface area contributed by atoms with E-state index in [0.29, 0.717) is 6.04 Å². The van der Waals surface area contributed by atoms with Gasteiger partial charge in [0, 0.05) is 15.4 Å². The van der Waals surface area contributed by atoms with Crippen molar-refractivity contribution in [3.8, 4) is 0 Å². The molecular weight excluding hydrogens is 314 g/mol. The molecule has 1 aromatic rings. The average Bonchev–Trinajstić information content (AvgIpc) is 2.96. The summed E-state index contributed by atoms with van der Waals surface area (Å²) in [7, 11) is 0. The SMILES string of the molecule is CCCNC(Cc1sccc1Br)C1CCSC1. The third-order valence-electron chi connectivity index (χ3n) is 3.29. The lowest BCUT2D eigenvalue weighted by molar-refractivity contribution is 0.381. The fourth-order valence-electron chi connectivity index (χ4n) is 2.28. The fraction of sp³-hybridized carbons (Fsp3) is 0.692. The van der Waals surface area contributed by atoms with Crippen LogP contribution in [0, 0.1) is 5.92 Å². The lowest BCUT2D eigenvalue weighted by Crippen LogP contribution is -2.38. The van der Waals surface area contributed by atoms with Crippen molar-refractivity contribution in [2.75, 3.05) is 18.1 Å². The third kappa shape index (κ3) is 3.98. The summed E-state index contributed by atoms with van der Waals surface area (Å²) in [6.45, 7) is 3.39. The van der Waals surface area contributed by atoms with Crippen molar-refractivity contribution in [2.45, 2.75) is 32.2 Å². The van der Waals surface area contributed by atoms with Crippen molar-refractivity contribution in [1.29, 1.82) is 0 Å². The Labute approximate surface area is 121 Å². The van der Waals surface area contributed by atoms with Crippen molar-refractivity contribution in [2.24, 2.45) is 5.92 Å². The Balaban J connectivity index is 1.97. The van der Waals surface area contributed by atoms with Gasteiger partial charge in [0.2, 0.25) is 0 Å². The lowest BCUT2D eigenvalue weighted by Gasteiger charge is -2.24. The maximum atomic E-state index is 3.75. The number of hydrogen-bond donors (Lipinski definition) is 1. The zero-order valence-electron chi connectivity index (χ0n) is 10.2. The molecule has 1 aromatic heterocycles. The number of thioether (sulfide) groups is 1. The van der Waals surface area contributed by atoms with E-state index >= 15 is 0 Å². The van der Waals surface area contributed by atoms with Crippen LogP contribution in [-0.4, -0.2) is 24.1 Å². The van der Waals surface area contributed by atoms with Crippen LogP contribution in [0.15, 0.2) is 15.9 Å². The maximum absolute atomic E-state index is 3.75. The first-order chi connectivity index (χ1) is 8.31. The molecule has 1 N–H and O–H groups in total. The van der Waals surface area contributed by atoms with Gasteiger partial charge in [-0.1, -0.05) is 6.92 Å². The lowest BCUT2D eigenvalue weighted by atomic mass is 9.95. The highest BCUT2D eigenvalue weighted by atomic mass is 79.9. The molecule has 17 heavy (non-hydrogen) atoms.